The minimum absolute atomic E-state index is 0.0111. The average molecular weight is 495 g/mol. The van der Waals surface area contributed by atoms with E-state index in [1.807, 2.05) is 0 Å². The first-order valence-corrected chi connectivity index (χ1v) is 11.2. The number of hydrogen-bond acceptors (Lipinski definition) is 5. The number of ether oxygens (including phenoxy) is 3. The van der Waals surface area contributed by atoms with Gasteiger partial charge in [0.1, 0.15) is 29.6 Å². The predicted octanol–water partition coefficient (Wildman–Crippen LogP) is 4.75. The highest BCUT2D eigenvalue weighted by Gasteiger charge is 2.39. The number of benzene rings is 2. The minimum atomic E-state index is -0.880. The van der Waals surface area contributed by atoms with Crippen molar-refractivity contribution in [3.8, 4) is 22.6 Å². The molecule has 0 aliphatic carbocycles. The van der Waals surface area contributed by atoms with Crippen LogP contribution < -0.4 is 9.47 Å². The van der Waals surface area contributed by atoms with Gasteiger partial charge < -0.3 is 24.0 Å². The first-order chi connectivity index (χ1) is 16.0. The molecule has 0 unspecified atom stereocenters. The number of carbonyl (C=O) groups is 2. The number of piperazine rings is 1. The highest BCUT2D eigenvalue weighted by atomic mass is 35.5. The van der Waals surface area contributed by atoms with Crippen molar-refractivity contribution in [1.29, 1.82) is 0 Å². The molecule has 0 spiro atoms. The van der Waals surface area contributed by atoms with E-state index >= 15 is 4.39 Å². The molecule has 2 aromatic carbocycles. The van der Waals surface area contributed by atoms with E-state index in [9.17, 15) is 14.0 Å². The Balaban J connectivity index is 1.69. The van der Waals surface area contributed by atoms with Crippen LogP contribution in [0.15, 0.2) is 24.3 Å². The monoisotopic (exact) mass is 494 g/mol. The topological polar surface area (TPSA) is 68.3 Å². The number of halogens is 3. The summed E-state index contributed by atoms with van der Waals surface area (Å²) in [5.41, 5.74) is -1.13. The predicted molar refractivity (Wildman–Crippen MR) is 121 cm³/mol. The highest BCUT2D eigenvalue weighted by molar-refractivity contribution is 6.35. The molecule has 1 saturated heterocycles. The Labute approximate surface area is 201 Å². The zero-order valence-corrected chi connectivity index (χ0v) is 20.0. The van der Waals surface area contributed by atoms with Crippen molar-refractivity contribution in [3.63, 3.8) is 0 Å². The molecule has 0 saturated carbocycles. The maximum absolute atomic E-state index is 15.3. The van der Waals surface area contributed by atoms with Crippen LogP contribution in [0.4, 0.5) is 13.6 Å². The maximum Gasteiger partial charge on any atom is 0.410 e. The fourth-order valence-electron chi connectivity index (χ4n) is 4.14. The molecule has 0 bridgehead atoms. The van der Waals surface area contributed by atoms with Crippen molar-refractivity contribution in [2.24, 2.45) is 0 Å². The molecular weight excluding hydrogens is 470 g/mol. The summed E-state index contributed by atoms with van der Waals surface area (Å²) in [6.07, 6.45) is -0.487. The van der Waals surface area contributed by atoms with Crippen molar-refractivity contribution in [2.75, 3.05) is 33.4 Å². The van der Waals surface area contributed by atoms with Crippen molar-refractivity contribution in [3.05, 3.63) is 46.5 Å². The van der Waals surface area contributed by atoms with Gasteiger partial charge in [-0.1, -0.05) is 17.7 Å². The zero-order valence-electron chi connectivity index (χ0n) is 19.3. The van der Waals surface area contributed by atoms with Gasteiger partial charge in [0.25, 0.3) is 5.91 Å². The third kappa shape index (κ3) is 4.36. The van der Waals surface area contributed by atoms with Gasteiger partial charge in [-0.15, -0.1) is 0 Å². The van der Waals surface area contributed by atoms with E-state index in [2.05, 4.69) is 0 Å². The van der Waals surface area contributed by atoms with Crippen molar-refractivity contribution in [2.45, 2.75) is 32.4 Å². The molecule has 1 fully saturated rings. The van der Waals surface area contributed by atoms with Gasteiger partial charge in [-0.25, -0.2) is 13.6 Å². The maximum atomic E-state index is 15.3. The van der Waals surface area contributed by atoms with E-state index in [0.717, 1.165) is 12.1 Å². The Bertz CT molecular complexity index is 1150. The molecule has 7 nitrogen and oxygen atoms in total. The van der Waals surface area contributed by atoms with E-state index in [1.165, 1.54) is 29.0 Å². The quantitative estimate of drug-likeness (QED) is 0.603. The summed E-state index contributed by atoms with van der Waals surface area (Å²) in [5.74, 6) is -2.03. The van der Waals surface area contributed by atoms with E-state index in [4.69, 9.17) is 25.8 Å². The second-order valence-corrected chi connectivity index (χ2v) is 9.51. The third-order valence-electron chi connectivity index (χ3n) is 5.66. The van der Waals surface area contributed by atoms with Crippen LogP contribution in [0, 0.1) is 11.6 Å². The van der Waals surface area contributed by atoms with Gasteiger partial charge in [0.05, 0.1) is 29.3 Å². The molecule has 4 rings (SSSR count). The molecule has 34 heavy (non-hydrogen) atoms. The summed E-state index contributed by atoms with van der Waals surface area (Å²) in [7, 11) is 1.34. The second-order valence-electron chi connectivity index (χ2n) is 9.13. The molecular formula is C24H25ClF2N2O5. The summed E-state index contributed by atoms with van der Waals surface area (Å²) in [6, 6.07) is 4.59. The van der Waals surface area contributed by atoms with Crippen LogP contribution in [0.2, 0.25) is 5.02 Å². The van der Waals surface area contributed by atoms with Crippen LogP contribution in [0.25, 0.3) is 11.1 Å². The molecule has 0 radical (unpaired) electrons. The Morgan fingerprint density at radius 3 is 2.59 bits per heavy atom. The standard InChI is InChI=1S/C24H25ClF2N2O5/c1-24(2,3)34-23(31)28-8-9-29-13(11-28)12-33-21-14(22(29)30)10-16(27)19(20(21)25)18-15(26)6-5-7-17(18)32-4/h5-7,10,13H,8-9,11-12H2,1-4H3/t13-/m1/s1. The largest absolute Gasteiger partial charge is 0.496 e. The zero-order chi connectivity index (χ0) is 24.8. The summed E-state index contributed by atoms with van der Waals surface area (Å²) < 4.78 is 46.5. The smallest absolute Gasteiger partial charge is 0.410 e. The fourth-order valence-corrected chi connectivity index (χ4v) is 4.48. The Morgan fingerprint density at radius 2 is 1.91 bits per heavy atom. The molecule has 2 heterocycles. The van der Waals surface area contributed by atoms with Crippen molar-refractivity contribution >= 4 is 23.6 Å². The Hall–Kier alpha value is -3.07. The number of amides is 2. The van der Waals surface area contributed by atoms with Gasteiger partial charge in [0.2, 0.25) is 0 Å². The molecule has 2 amide bonds. The van der Waals surface area contributed by atoms with E-state index in [-0.39, 0.29) is 59.5 Å². The van der Waals surface area contributed by atoms with Gasteiger partial charge in [0.15, 0.2) is 5.75 Å². The number of hydrogen-bond donors (Lipinski definition) is 0. The summed E-state index contributed by atoms with van der Waals surface area (Å²) in [4.78, 5) is 28.9. The van der Waals surface area contributed by atoms with E-state index < -0.39 is 35.3 Å². The van der Waals surface area contributed by atoms with Gasteiger partial charge in [-0.2, -0.15) is 0 Å². The summed E-state index contributed by atoms with van der Waals surface area (Å²) in [6.45, 7) is 5.99. The van der Waals surface area contributed by atoms with Gasteiger partial charge in [-0.05, 0) is 39.0 Å². The molecule has 0 N–H and O–H groups in total. The first kappa shape index (κ1) is 24.1. The number of methoxy groups -OCH3 is 1. The average Bonchev–Trinajstić information content (AvgIpc) is 2.90. The lowest BCUT2D eigenvalue weighted by Crippen LogP contribution is -2.58. The molecule has 182 valence electrons. The summed E-state index contributed by atoms with van der Waals surface area (Å²) >= 11 is 6.51. The van der Waals surface area contributed by atoms with Crippen LogP contribution in [-0.4, -0.2) is 66.8 Å². The van der Waals surface area contributed by atoms with Gasteiger partial charge in [0, 0.05) is 25.2 Å². The Morgan fingerprint density at radius 1 is 1.18 bits per heavy atom. The normalized spacial score (nSPS) is 18.0. The lowest BCUT2D eigenvalue weighted by atomic mass is 9.99. The van der Waals surface area contributed by atoms with E-state index in [0.29, 0.717) is 0 Å². The lowest BCUT2D eigenvalue weighted by Gasteiger charge is -2.40. The molecule has 2 aromatic rings. The van der Waals surface area contributed by atoms with Crippen LogP contribution >= 0.6 is 11.6 Å². The Kier molecular flexibility index (Phi) is 6.33. The van der Waals surface area contributed by atoms with Crippen LogP contribution in [0.5, 0.6) is 11.5 Å². The first-order valence-electron chi connectivity index (χ1n) is 10.8. The van der Waals surface area contributed by atoms with Crippen LogP contribution in [0.3, 0.4) is 0 Å². The molecule has 1 atom stereocenters. The molecule has 2 aliphatic heterocycles. The number of rotatable bonds is 2. The van der Waals surface area contributed by atoms with Gasteiger partial charge >= 0.3 is 6.09 Å². The van der Waals surface area contributed by atoms with Crippen LogP contribution in [0.1, 0.15) is 31.1 Å². The van der Waals surface area contributed by atoms with E-state index in [1.54, 1.807) is 20.8 Å². The number of carbonyl (C=O) groups excluding carboxylic acids is 2. The van der Waals surface area contributed by atoms with Crippen molar-refractivity contribution < 1.29 is 32.6 Å². The highest BCUT2D eigenvalue weighted by Crippen LogP contribution is 2.45. The van der Waals surface area contributed by atoms with Crippen molar-refractivity contribution in [1.82, 2.24) is 9.80 Å². The minimum Gasteiger partial charge on any atom is -0.496 e. The van der Waals surface area contributed by atoms with Crippen LogP contribution in [-0.2, 0) is 4.74 Å². The molecule has 2 aliphatic rings. The number of nitrogens with zero attached hydrogens (tertiary/aromatic N) is 2. The SMILES string of the molecule is COc1cccc(F)c1-c1c(F)cc2c(c1Cl)OC[C@H]1CN(C(=O)OC(C)(C)C)CCN1C2=O. The summed E-state index contributed by atoms with van der Waals surface area (Å²) in [5, 5.41) is -0.226. The lowest BCUT2D eigenvalue weighted by molar-refractivity contribution is 0.000952. The van der Waals surface area contributed by atoms with Gasteiger partial charge in [-0.3, -0.25) is 4.79 Å². The third-order valence-corrected chi connectivity index (χ3v) is 6.03. The molecule has 10 heteroatoms. The number of fused-ring (bicyclic) bond motifs is 2. The molecule has 0 aromatic heterocycles. The second kappa shape index (κ2) is 8.94. The fraction of sp³-hybridized carbons (Fsp3) is 0.417.